The van der Waals surface area contributed by atoms with E-state index in [1.807, 2.05) is 0 Å². The summed E-state index contributed by atoms with van der Waals surface area (Å²) in [4.78, 5) is 22.9. The zero-order chi connectivity index (χ0) is 14.1. The first-order chi connectivity index (χ1) is 9.63. The Balaban J connectivity index is 0.00000161. The van der Waals surface area contributed by atoms with E-state index < -0.39 is 5.97 Å². The Kier molecular flexibility index (Phi) is 4.85. The maximum Gasteiger partial charge on any atom is 0.335 e. The summed E-state index contributed by atoms with van der Waals surface area (Å²) in [6.07, 6.45) is 3.44. The van der Waals surface area contributed by atoms with Gasteiger partial charge in [0.1, 0.15) is 0 Å². The van der Waals surface area contributed by atoms with Gasteiger partial charge in [0.15, 0.2) is 0 Å². The molecular weight excluding hydrogens is 292 g/mol. The van der Waals surface area contributed by atoms with E-state index in [1.54, 1.807) is 24.3 Å². The number of carboxylic acid groups (broad SMARTS) is 1. The lowest BCUT2D eigenvalue weighted by atomic mass is 9.99. The summed E-state index contributed by atoms with van der Waals surface area (Å²) in [6, 6.07) is 7.05. The lowest BCUT2D eigenvalue weighted by Crippen LogP contribution is -2.47. The third kappa shape index (κ3) is 3.36. The average molecular weight is 311 g/mol. The number of carboxylic acids is 1. The first kappa shape index (κ1) is 15.8. The van der Waals surface area contributed by atoms with Crippen molar-refractivity contribution in [2.24, 2.45) is 5.92 Å². The number of hydrogen-bond acceptors (Lipinski definition) is 3. The fourth-order valence-corrected chi connectivity index (χ4v) is 3.21. The van der Waals surface area contributed by atoms with E-state index in [2.05, 4.69) is 10.6 Å². The minimum atomic E-state index is -0.938. The fraction of sp³-hybridized carbons (Fsp3) is 0.467. The number of benzene rings is 1. The second-order valence-corrected chi connectivity index (χ2v) is 5.63. The van der Waals surface area contributed by atoms with Crippen molar-refractivity contribution in [1.29, 1.82) is 0 Å². The number of carbonyl (C=O) groups is 2. The molecule has 0 aromatic heterocycles. The van der Waals surface area contributed by atoms with Gasteiger partial charge in [-0.3, -0.25) is 4.79 Å². The summed E-state index contributed by atoms with van der Waals surface area (Å²) in [5.41, 5.74) is 1.17. The number of piperidine rings is 1. The molecule has 2 aliphatic rings. The molecule has 3 atom stereocenters. The number of amides is 1. The summed E-state index contributed by atoms with van der Waals surface area (Å²) < 4.78 is 0. The molecule has 3 N–H and O–H groups in total. The third-order valence-electron chi connectivity index (χ3n) is 4.31. The summed E-state index contributed by atoms with van der Waals surface area (Å²) in [6.45, 7) is 0.439. The van der Waals surface area contributed by atoms with Gasteiger partial charge in [-0.1, -0.05) is 12.1 Å². The van der Waals surface area contributed by atoms with Crippen molar-refractivity contribution >= 4 is 24.3 Å². The molecule has 2 fully saturated rings. The molecule has 1 heterocycles. The van der Waals surface area contributed by atoms with Crippen LogP contribution in [-0.2, 0) is 11.3 Å². The van der Waals surface area contributed by atoms with Crippen LogP contribution in [0.1, 0.15) is 35.2 Å². The Hall–Kier alpha value is -1.59. The molecule has 1 aromatic carbocycles. The minimum Gasteiger partial charge on any atom is -0.478 e. The second-order valence-electron chi connectivity index (χ2n) is 5.63. The Bertz CT molecular complexity index is 532. The monoisotopic (exact) mass is 310 g/mol. The van der Waals surface area contributed by atoms with Crippen LogP contribution in [0.5, 0.6) is 0 Å². The SMILES string of the molecule is Cl.O=C(O)c1ccc(CNC(=O)C2NC3CC[C@@H]2C3)cc1. The Morgan fingerprint density at radius 3 is 2.48 bits per heavy atom. The lowest BCUT2D eigenvalue weighted by Gasteiger charge is -2.22. The number of rotatable bonds is 4. The molecule has 1 aliphatic carbocycles. The highest BCUT2D eigenvalue weighted by atomic mass is 35.5. The van der Waals surface area contributed by atoms with E-state index in [4.69, 9.17) is 5.11 Å². The van der Waals surface area contributed by atoms with Crippen LogP contribution >= 0.6 is 12.4 Å². The van der Waals surface area contributed by atoms with E-state index in [-0.39, 0.29) is 29.9 Å². The number of carbonyl (C=O) groups excluding carboxylic acids is 1. The highest BCUT2D eigenvalue weighted by molar-refractivity contribution is 5.87. The van der Waals surface area contributed by atoms with Crippen molar-refractivity contribution in [3.8, 4) is 0 Å². The van der Waals surface area contributed by atoms with E-state index in [0.717, 1.165) is 18.4 Å². The molecule has 2 unspecified atom stereocenters. The van der Waals surface area contributed by atoms with Crippen LogP contribution in [-0.4, -0.2) is 29.1 Å². The van der Waals surface area contributed by atoms with Crippen LogP contribution in [0, 0.1) is 5.92 Å². The molecule has 1 saturated heterocycles. The Morgan fingerprint density at radius 2 is 1.95 bits per heavy atom. The van der Waals surface area contributed by atoms with E-state index in [1.165, 1.54) is 6.42 Å². The summed E-state index contributed by atoms with van der Waals surface area (Å²) in [5.74, 6) is -0.402. The van der Waals surface area contributed by atoms with Crippen molar-refractivity contribution in [2.45, 2.75) is 37.9 Å². The minimum absolute atomic E-state index is 0. The largest absolute Gasteiger partial charge is 0.478 e. The molecule has 2 bridgehead atoms. The third-order valence-corrected chi connectivity index (χ3v) is 4.31. The number of nitrogens with one attached hydrogen (secondary N) is 2. The van der Waals surface area contributed by atoms with Crippen LogP contribution in [0.15, 0.2) is 24.3 Å². The second kappa shape index (κ2) is 6.45. The quantitative estimate of drug-likeness (QED) is 0.788. The predicted molar refractivity (Wildman–Crippen MR) is 80.5 cm³/mol. The van der Waals surface area contributed by atoms with Crippen LogP contribution in [0.25, 0.3) is 0 Å². The van der Waals surface area contributed by atoms with Gasteiger partial charge in [0.2, 0.25) is 5.91 Å². The molecule has 1 aliphatic heterocycles. The Morgan fingerprint density at radius 1 is 1.24 bits per heavy atom. The smallest absolute Gasteiger partial charge is 0.335 e. The zero-order valence-corrected chi connectivity index (χ0v) is 12.4. The van der Waals surface area contributed by atoms with Crippen molar-refractivity contribution in [3.63, 3.8) is 0 Å². The number of halogens is 1. The van der Waals surface area contributed by atoms with Crippen LogP contribution < -0.4 is 10.6 Å². The van der Waals surface area contributed by atoms with Gasteiger partial charge in [-0.25, -0.2) is 4.79 Å². The van der Waals surface area contributed by atoms with Gasteiger partial charge in [-0.15, -0.1) is 12.4 Å². The molecule has 6 heteroatoms. The van der Waals surface area contributed by atoms with Crippen molar-refractivity contribution in [3.05, 3.63) is 35.4 Å². The number of fused-ring (bicyclic) bond motifs is 2. The van der Waals surface area contributed by atoms with E-state index in [0.29, 0.717) is 18.5 Å². The molecule has 1 saturated carbocycles. The highest BCUT2D eigenvalue weighted by Crippen LogP contribution is 2.35. The molecule has 114 valence electrons. The lowest BCUT2D eigenvalue weighted by molar-refractivity contribution is -0.124. The van der Waals surface area contributed by atoms with Crippen molar-refractivity contribution < 1.29 is 14.7 Å². The van der Waals surface area contributed by atoms with Crippen LogP contribution in [0.3, 0.4) is 0 Å². The van der Waals surface area contributed by atoms with Crippen LogP contribution in [0.4, 0.5) is 0 Å². The topological polar surface area (TPSA) is 78.4 Å². The van der Waals surface area contributed by atoms with Gasteiger partial charge in [0, 0.05) is 12.6 Å². The first-order valence-electron chi connectivity index (χ1n) is 6.99. The summed E-state index contributed by atoms with van der Waals surface area (Å²) in [7, 11) is 0. The average Bonchev–Trinajstić information content (AvgIpc) is 3.08. The van der Waals surface area contributed by atoms with Gasteiger partial charge in [0.05, 0.1) is 11.6 Å². The van der Waals surface area contributed by atoms with Crippen molar-refractivity contribution in [1.82, 2.24) is 10.6 Å². The molecule has 5 nitrogen and oxygen atoms in total. The van der Waals surface area contributed by atoms with Crippen LogP contribution in [0.2, 0.25) is 0 Å². The maximum absolute atomic E-state index is 12.1. The summed E-state index contributed by atoms with van der Waals surface area (Å²) >= 11 is 0. The molecule has 0 spiro atoms. The summed E-state index contributed by atoms with van der Waals surface area (Å²) in [5, 5.41) is 15.1. The Labute approximate surface area is 129 Å². The number of aromatic carboxylic acids is 1. The normalized spacial score (nSPS) is 26.2. The molecular formula is C15H19ClN2O3. The van der Waals surface area contributed by atoms with Gasteiger partial charge in [-0.05, 0) is 42.9 Å². The first-order valence-corrected chi connectivity index (χ1v) is 6.99. The van der Waals surface area contributed by atoms with Crippen molar-refractivity contribution in [2.75, 3.05) is 0 Å². The maximum atomic E-state index is 12.1. The van der Waals surface area contributed by atoms with E-state index >= 15 is 0 Å². The number of hydrogen-bond donors (Lipinski definition) is 3. The van der Waals surface area contributed by atoms with Gasteiger partial charge in [-0.2, -0.15) is 0 Å². The molecule has 0 radical (unpaired) electrons. The molecule has 1 amide bonds. The van der Waals surface area contributed by atoms with Gasteiger partial charge in [0.25, 0.3) is 0 Å². The van der Waals surface area contributed by atoms with Gasteiger partial charge >= 0.3 is 5.97 Å². The highest BCUT2D eigenvalue weighted by Gasteiger charge is 2.42. The molecule has 1 aromatic rings. The molecule has 21 heavy (non-hydrogen) atoms. The standard InChI is InChI=1S/C15H18N2O3.ClH/c18-14(13-11-5-6-12(7-11)17-13)16-8-9-1-3-10(4-2-9)15(19)20;/h1-4,11-13,17H,5-8H2,(H,16,18)(H,19,20);1H/t11-,12?,13?;/m1./s1. The zero-order valence-electron chi connectivity index (χ0n) is 11.5. The predicted octanol–water partition coefficient (Wildman–Crippen LogP) is 1.56. The van der Waals surface area contributed by atoms with E-state index in [9.17, 15) is 9.59 Å². The molecule has 3 rings (SSSR count). The van der Waals surface area contributed by atoms with Gasteiger partial charge < -0.3 is 15.7 Å². The fourth-order valence-electron chi connectivity index (χ4n) is 3.21.